The highest BCUT2D eigenvalue weighted by molar-refractivity contribution is 5.76. The molecular formula is C24H34F3N5O2. The molecule has 0 saturated carbocycles. The summed E-state index contributed by atoms with van der Waals surface area (Å²) in [5.41, 5.74) is 4.24. The molecule has 0 aliphatic carbocycles. The van der Waals surface area contributed by atoms with Gasteiger partial charge in [0.25, 0.3) is 5.89 Å². The van der Waals surface area contributed by atoms with Crippen LogP contribution in [0.3, 0.4) is 0 Å². The summed E-state index contributed by atoms with van der Waals surface area (Å²) in [6, 6.07) is 3.81. The normalized spacial score (nSPS) is 18.4. The molecule has 1 aromatic heterocycles. The molecule has 1 aromatic carbocycles. The van der Waals surface area contributed by atoms with Gasteiger partial charge in [-0.25, -0.2) is 0 Å². The van der Waals surface area contributed by atoms with Crippen LogP contribution >= 0.6 is 0 Å². The van der Waals surface area contributed by atoms with Crippen LogP contribution in [0.1, 0.15) is 83.1 Å². The van der Waals surface area contributed by atoms with Gasteiger partial charge in [-0.2, -0.15) is 18.2 Å². The number of nitrogens with zero attached hydrogens (tertiary/aromatic N) is 3. The van der Waals surface area contributed by atoms with E-state index in [1.165, 1.54) is 31.4 Å². The average molecular weight is 482 g/mol. The van der Waals surface area contributed by atoms with E-state index in [1.54, 1.807) is 4.90 Å². The molecule has 10 heteroatoms. The van der Waals surface area contributed by atoms with E-state index in [-0.39, 0.29) is 35.6 Å². The van der Waals surface area contributed by atoms with Crippen molar-refractivity contribution >= 4 is 5.96 Å². The highest BCUT2D eigenvalue weighted by Gasteiger charge is 2.44. The van der Waals surface area contributed by atoms with E-state index in [4.69, 9.17) is 20.4 Å². The van der Waals surface area contributed by atoms with Crippen molar-refractivity contribution in [3.05, 3.63) is 29.7 Å². The molecule has 1 fully saturated rings. The number of hydrogen-bond donors (Lipinski definition) is 2. The standard InChI is InChI=1S/C24H34F3N5O2/c1-3-4-5-6-7-8-9-15-33-19-12-11-17(16-18(19)24(25,26)27)20-30-21(34-31-20)23(2)13-10-14-32(23)22(28)29/h11-12,16H,3-10,13-15H2,1-2H3,(H3,28,29). The maximum absolute atomic E-state index is 13.8. The van der Waals surface area contributed by atoms with Crippen molar-refractivity contribution in [2.24, 2.45) is 5.73 Å². The first-order valence-electron chi connectivity index (χ1n) is 12.0. The summed E-state index contributed by atoms with van der Waals surface area (Å²) in [5.74, 6) is -0.0307. The van der Waals surface area contributed by atoms with Crippen molar-refractivity contribution in [1.82, 2.24) is 15.0 Å². The van der Waals surface area contributed by atoms with Gasteiger partial charge in [0.1, 0.15) is 11.3 Å². The van der Waals surface area contributed by atoms with Crippen molar-refractivity contribution in [2.45, 2.75) is 83.4 Å². The fraction of sp³-hybridized carbons (Fsp3) is 0.625. The number of nitrogens with two attached hydrogens (primary N) is 1. The Morgan fingerprint density at radius 1 is 1.21 bits per heavy atom. The lowest BCUT2D eigenvalue weighted by Crippen LogP contribution is -2.46. The average Bonchev–Trinajstić information content (AvgIpc) is 3.43. The molecule has 0 spiro atoms. The molecule has 3 rings (SSSR count). The summed E-state index contributed by atoms with van der Waals surface area (Å²) in [4.78, 5) is 6.02. The SMILES string of the molecule is CCCCCCCCCOc1ccc(-c2noc(C3(C)CCCN3C(=N)N)n2)cc1C(F)(F)F. The van der Waals surface area contributed by atoms with Gasteiger partial charge in [0, 0.05) is 12.1 Å². The van der Waals surface area contributed by atoms with Crippen molar-refractivity contribution in [3.8, 4) is 17.1 Å². The molecule has 3 N–H and O–H groups in total. The van der Waals surface area contributed by atoms with Gasteiger partial charge in [0.05, 0.1) is 12.2 Å². The molecule has 34 heavy (non-hydrogen) atoms. The van der Waals surface area contributed by atoms with E-state index in [9.17, 15) is 13.2 Å². The molecule has 0 bridgehead atoms. The van der Waals surface area contributed by atoms with Crippen molar-refractivity contribution in [1.29, 1.82) is 5.41 Å². The Hall–Kier alpha value is -2.78. The number of likely N-dealkylation sites (tertiary alicyclic amines) is 1. The zero-order chi connectivity index (χ0) is 24.8. The zero-order valence-corrected chi connectivity index (χ0v) is 19.9. The van der Waals surface area contributed by atoms with Gasteiger partial charge >= 0.3 is 6.18 Å². The van der Waals surface area contributed by atoms with Crippen LogP contribution in [0.5, 0.6) is 5.75 Å². The third-order valence-corrected chi connectivity index (χ3v) is 6.37. The summed E-state index contributed by atoms with van der Waals surface area (Å²) in [6.07, 6.45) is 4.30. The topological polar surface area (TPSA) is 101 Å². The first-order chi connectivity index (χ1) is 16.2. The number of unbranched alkanes of at least 4 members (excludes halogenated alkanes) is 6. The molecule has 2 heterocycles. The van der Waals surface area contributed by atoms with Gasteiger partial charge < -0.3 is 19.9 Å². The summed E-state index contributed by atoms with van der Waals surface area (Å²) < 4.78 is 52.2. The fourth-order valence-corrected chi connectivity index (χ4v) is 4.39. The number of aromatic nitrogens is 2. The third-order valence-electron chi connectivity index (χ3n) is 6.37. The first kappa shape index (κ1) is 25.8. The quantitative estimate of drug-likeness (QED) is 0.229. The van der Waals surface area contributed by atoms with E-state index in [0.29, 0.717) is 19.4 Å². The lowest BCUT2D eigenvalue weighted by Gasteiger charge is -2.31. The molecule has 1 aliphatic rings. The Balaban J connectivity index is 1.70. The molecule has 1 unspecified atom stereocenters. The minimum Gasteiger partial charge on any atom is -0.493 e. The minimum absolute atomic E-state index is 0.0516. The highest BCUT2D eigenvalue weighted by Crippen LogP contribution is 2.40. The molecule has 0 amide bonds. The Bertz CT molecular complexity index is 962. The first-order valence-corrected chi connectivity index (χ1v) is 12.0. The highest BCUT2D eigenvalue weighted by atomic mass is 19.4. The zero-order valence-electron chi connectivity index (χ0n) is 19.9. The monoisotopic (exact) mass is 481 g/mol. The summed E-state index contributed by atoms with van der Waals surface area (Å²) >= 11 is 0. The predicted octanol–water partition coefficient (Wildman–Crippen LogP) is 6.09. The number of benzene rings is 1. The minimum atomic E-state index is -4.58. The third kappa shape index (κ3) is 6.01. The van der Waals surface area contributed by atoms with Gasteiger partial charge in [-0.05, 0) is 44.4 Å². The summed E-state index contributed by atoms with van der Waals surface area (Å²) in [7, 11) is 0. The second-order valence-electron chi connectivity index (χ2n) is 9.02. The number of rotatable bonds is 11. The Labute approximate surface area is 198 Å². The van der Waals surface area contributed by atoms with Crippen LogP contribution in [0.4, 0.5) is 13.2 Å². The fourth-order valence-electron chi connectivity index (χ4n) is 4.39. The van der Waals surface area contributed by atoms with Gasteiger partial charge in [-0.15, -0.1) is 0 Å². The van der Waals surface area contributed by atoms with Crippen LogP contribution in [-0.4, -0.2) is 34.2 Å². The molecule has 1 saturated heterocycles. The maximum atomic E-state index is 13.8. The van der Waals surface area contributed by atoms with Crippen LogP contribution < -0.4 is 10.5 Å². The van der Waals surface area contributed by atoms with E-state index in [2.05, 4.69) is 17.1 Å². The predicted molar refractivity (Wildman–Crippen MR) is 123 cm³/mol. The lowest BCUT2D eigenvalue weighted by molar-refractivity contribution is -0.138. The number of halogens is 3. The van der Waals surface area contributed by atoms with Crippen LogP contribution in [0, 0.1) is 5.41 Å². The maximum Gasteiger partial charge on any atom is 0.419 e. The Morgan fingerprint density at radius 3 is 2.59 bits per heavy atom. The van der Waals surface area contributed by atoms with Crippen molar-refractivity contribution < 1.29 is 22.4 Å². The lowest BCUT2D eigenvalue weighted by atomic mass is 9.99. The molecule has 1 aliphatic heterocycles. The molecular weight excluding hydrogens is 447 g/mol. The number of alkyl halides is 3. The molecule has 1 atom stereocenters. The van der Waals surface area contributed by atoms with Gasteiger partial charge in [0.2, 0.25) is 5.82 Å². The number of hydrogen-bond acceptors (Lipinski definition) is 5. The van der Waals surface area contributed by atoms with Crippen LogP contribution in [0.25, 0.3) is 11.4 Å². The Kier molecular flexibility index (Phi) is 8.43. The van der Waals surface area contributed by atoms with E-state index < -0.39 is 17.3 Å². The second kappa shape index (κ2) is 11.1. The molecule has 0 radical (unpaired) electrons. The summed E-state index contributed by atoms with van der Waals surface area (Å²) in [6.45, 7) is 4.81. The Morgan fingerprint density at radius 2 is 1.91 bits per heavy atom. The molecule has 7 nitrogen and oxygen atoms in total. The molecule has 188 valence electrons. The second-order valence-corrected chi connectivity index (χ2v) is 9.02. The molecule has 2 aromatic rings. The largest absolute Gasteiger partial charge is 0.493 e. The van der Waals surface area contributed by atoms with Crippen molar-refractivity contribution in [2.75, 3.05) is 13.2 Å². The van der Waals surface area contributed by atoms with Crippen LogP contribution in [-0.2, 0) is 11.7 Å². The van der Waals surface area contributed by atoms with Crippen LogP contribution in [0.2, 0.25) is 0 Å². The smallest absolute Gasteiger partial charge is 0.419 e. The number of guanidine groups is 1. The summed E-state index contributed by atoms with van der Waals surface area (Å²) in [5, 5.41) is 11.7. The van der Waals surface area contributed by atoms with Crippen LogP contribution in [0.15, 0.2) is 22.7 Å². The van der Waals surface area contributed by atoms with E-state index in [1.807, 2.05) is 6.92 Å². The van der Waals surface area contributed by atoms with Crippen molar-refractivity contribution in [3.63, 3.8) is 0 Å². The van der Waals surface area contributed by atoms with Gasteiger partial charge in [-0.3, -0.25) is 5.41 Å². The van der Waals surface area contributed by atoms with E-state index >= 15 is 0 Å². The number of nitrogens with one attached hydrogen (secondary N) is 1. The van der Waals surface area contributed by atoms with E-state index in [0.717, 1.165) is 31.7 Å². The number of ether oxygens (including phenoxy) is 1. The van der Waals surface area contributed by atoms with Gasteiger partial charge in [0.15, 0.2) is 5.96 Å². The van der Waals surface area contributed by atoms with Gasteiger partial charge in [-0.1, -0.05) is 50.6 Å².